The number of ether oxygens (including phenoxy) is 1. The Hall–Kier alpha value is -1.21. The highest BCUT2D eigenvalue weighted by atomic mass is 32.2. The van der Waals surface area contributed by atoms with Crippen LogP contribution in [0.25, 0.3) is 0 Å². The van der Waals surface area contributed by atoms with Gasteiger partial charge in [-0.15, -0.1) is 0 Å². The molecule has 0 radical (unpaired) electrons. The fourth-order valence-corrected chi connectivity index (χ4v) is 2.43. The van der Waals surface area contributed by atoms with Gasteiger partial charge in [0.2, 0.25) is 5.88 Å². The van der Waals surface area contributed by atoms with Gasteiger partial charge in [0.05, 0.1) is 0 Å². The van der Waals surface area contributed by atoms with Crippen LogP contribution in [0.2, 0.25) is 0 Å². The standard InChI is InChI=1S/C10H10N2OS/c11-6-8-2-1-4-12-10(8)13-9-3-5-14-7-9/h1-2,4,9H,3,5,7H2. The predicted molar refractivity (Wildman–Crippen MR) is 55.3 cm³/mol. The van der Waals surface area contributed by atoms with E-state index in [1.54, 1.807) is 18.3 Å². The van der Waals surface area contributed by atoms with Gasteiger partial charge in [-0.1, -0.05) is 0 Å². The molecule has 2 rings (SSSR count). The number of hydrogen-bond acceptors (Lipinski definition) is 4. The SMILES string of the molecule is N#Cc1cccnc1OC1CCSC1. The van der Waals surface area contributed by atoms with Gasteiger partial charge in [-0.2, -0.15) is 17.0 Å². The van der Waals surface area contributed by atoms with Crippen LogP contribution >= 0.6 is 11.8 Å². The van der Waals surface area contributed by atoms with Crippen molar-refractivity contribution in [1.29, 1.82) is 5.26 Å². The molecule has 0 N–H and O–H groups in total. The average Bonchev–Trinajstić information content (AvgIpc) is 2.71. The number of thioether (sulfide) groups is 1. The normalized spacial score (nSPS) is 20.4. The number of rotatable bonds is 2. The van der Waals surface area contributed by atoms with Crippen molar-refractivity contribution in [1.82, 2.24) is 4.98 Å². The molecule has 1 aromatic heterocycles. The van der Waals surface area contributed by atoms with Crippen molar-refractivity contribution in [3.8, 4) is 11.9 Å². The molecule has 72 valence electrons. The Morgan fingerprint density at radius 2 is 2.57 bits per heavy atom. The van der Waals surface area contributed by atoms with Crippen LogP contribution in [0.15, 0.2) is 18.3 Å². The molecule has 2 heterocycles. The van der Waals surface area contributed by atoms with Crippen molar-refractivity contribution < 1.29 is 4.74 Å². The lowest BCUT2D eigenvalue weighted by atomic mass is 10.3. The van der Waals surface area contributed by atoms with Crippen LogP contribution in [0, 0.1) is 11.3 Å². The van der Waals surface area contributed by atoms with Crippen LogP contribution < -0.4 is 4.74 Å². The van der Waals surface area contributed by atoms with E-state index in [4.69, 9.17) is 10.00 Å². The second-order valence-corrected chi connectivity index (χ2v) is 4.22. The molecule has 1 fully saturated rings. The van der Waals surface area contributed by atoms with Crippen molar-refractivity contribution in [3.05, 3.63) is 23.9 Å². The zero-order valence-electron chi connectivity index (χ0n) is 7.64. The van der Waals surface area contributed by atoms with Gasteiger partial charge in [0, 0.05) is 11.9 Å². The molecule has 1 atom stereocenters. The molecule has 0 amide bonds. The van der Waals surface area contributed by atoms with Gasteiger partial charge in [0.1, 0.15) is 17.7 Å². The Morgan fingerprint density at radius 3 is 3.29 bits per heavy atom. The number of nitriles is 1. The Kier molecular flexibility index (Phi) is 2.90. The second-order valence-electron chi connectivity index (χ2n) is 3.07. The molecule has 1 saturated heterocycles. The molecule has 1 unspecified atom stereocenters. The average molecular weight is 206 g/mol. The van der Waals surface area contributed by atoms with Gasteiger partial charge in [0.25, 0.3) is 0 Å². The van der Waals surface area contributed by atoms with Crippen molar-refractivity contribution in [2.24, 2.45) is 0 Å². The van der Waals surface area contributed by atoms with Crippen LogP contribution in [0.3, 0.4) is 0 Å². The fourth-order valence-electron chi connectivity index (χ4n) is 1.33. The van der Waals surface area contributed by atoms with Crippen molar-refractivity contribution in [3.63, 3.8) is 0 Å². The molecule has 4 heteroatoms. The van der Waals surface area contributed by atoms with E-state index < -0.39 is 0 Å². The maximum Gasteiger partial charge on any atom is 0.231 e. The summed E-state index contributed by atoms with van der Waals surface area (Å²) in [6.07, 6.45) is 2.92. The van der Waals surface area contributed by atoms with Crippen LogP contribution in [-0.4, -0.2) is 22.6 Å². The Labute approximate surface area is 87.1 Å². The summed E-state index contributed by atoms with van der Waals surface area (Å²) in [4.78, 5) is 4.06. The lowest BCUT2D eigenvalue weighted by molar-refractivity contribution is 0.219. The molecule has 1 aliphatic rings. The van der Waals surface area contributed by atoms with Crippen LogP contribution in [-0.2, 0) is 0 Å². The van der Waals surface area contributed by atoms with E-state index in [0.717, 1.165) is 17.9 Å². The molecule has 0 bridgehead atoms. The summed E-state index contributed by atoms with van der Waals surface area (Å²) in [7, 11) is 0. The molecular weight excluding hydrogens is 196 g/mol. The number of hydrogen-bond donors (Lipinski definition) is 0. The first-order valence-corrected chi connectivity index (χ1v) is 5.65. The topological polar surface area (TPSA) is 45.9 Å². The molecule has 0 aromatic carbocycles. The highest BCUT2D eigenvalue weighted by Gasteiger charge is 2.18. The van der Waals surface area contributed by atoms with Gasteiger partial charge in [-0.05, 0) is 24.3 Å². The summed E-state index contributed by atoms with van der Waals surface area (Å²) in [6.45, 7) is 0. The van der Waals surface area contributed by atoms with Gasteiger partial charge in [0.15, 0.2) is 0 Å². The maximum atomic E-state index is 8.82. The maximum absolute atomic E-state index is 8.82. The third-order valence-corrected chi connectivity index (χ3v) is 3.19. The summed E-state index contributed by atoms with van der Waals surface area (Å²) in [5.41, 5.74) is 0.518. The first-order valence-electron chi connectivity index (χ1n) is 4.49. The lowest BCUT2D eigenvalue weighted by Crippen LogP contribution is -2.16. The van der Waals surface area contributed by atoms with Crippen molar-refractivity contribution in [2.45, 2.75) is 12.5 Å². The Balaban J connectivity index is 2.11. The van der Waals surface area contributed by atoms with E-state index in [9.17, 15) is 0 Å². The summed E-state index contributed by atoms with van der Waals surface area (Å²) in [6, 6.07) is 5.55. The van der Waals surface area contributed by atoms with Gasteiger partial charge >= 0.3 is 0 Å². The summed E-state index contributed by atoms with van der Waals surface area (Å²) in [5.74, 6) is 2.61. The van der Waals surface area contributed by atoms with Crippen molar-refractivity contribution >= 4 is 11.8 Å². The molecule has 1 aliphatic heterocycles. The molecule has 3 nitrogen and oxygen atoms in total. The molecule has 0 saturated carbocycles. The number of pyridine rings is 1. The smallest absolute Gasteiger partial charge is 0.231 e. The predicted octanol–water partition coefficient (Wildman–Crippen LogP) is 1.84. The monoisotopic (exact) mass is 206 g/mol. The highest BCUT2D eigenvalue weighted by molar-refractivity contribution is 7.99. The fraction of sp³-hybridized carbons (Fsp3) is 0.400. The summed E-state index contributed by atoms with van der Waals surface area (Å²) < 4.78 is 5.64. The van der Waals surface area contributed by atoms with E-state index in [1.807, 2.05) is 11.8 Å². The Bertz CT molecular complexity index is 355. The third kappa shape index (κ3) is 1.99. The van der Waals surface area contributed by atoms with E-state index in [2.05, 4.69) is 11.1 Å². The number of aromatic nitrogens is 1. The van der Waals surface area contributed by atoms with Crippen molar-refractivity contribution in [2.75, 3.05) is 11.5 Å². The van der Waals surface area contributed by atoms with Crippen LogP contribution in [0.5, 0.6) is 5.88 Å². The highest BCUT2D eigenvalue weighted by Crippen LogP contribution is 2.23. The minimum absolute atomic E-state index is 0.224. The zero-order chi connectivity index (χ0) is 9.80. The summed E-state index contributed by atoms with van der Waals surface area (Å²) >= 11 is 1.88. The third-order valence-electron chi connectivity index (χ3n) is 2.06. The molecular formula is C10H10N2OS. The van der Waals surface area contributed by atoms with E-state index in [-0.39, 0.29) is 6.10 Å². The molecule has 1 aromatic rings. The Morgan fingerprint density at radius 1 is 1.64 bits per heavy atom. The molecule has 0 aliphatic carbocycles. The quantitative estimate of drug-likeness (QED) is 0.740. The minimum atomic E-state index is 0.224. The van der Waals surface area contributed by atoms with E-state index >= 15 is 0 Å². The molecule has 14 heavy (non-hydrogen) atoms. The van der Waals surface area contributed by atoms with Crippen LogP contribution in [0.4, 0.5) is 0 Å². The largest absolute Gasteiger partial charge is 0.473 e. The first kappa shape index (κ1) is 9.35. The second kappa shape index (κ2) is 4.34. The minimum Gasteiger partial charge on any atom is -0.473 e. The molecule has 0 spiro atoms. The van der Waals surface area contributed by atoms with Gasteiger partial charge in [-0.3, -0.25) is 0 Å². The van der Waals surface area contributed by atoms with Crippen LogP contribution in [0.1, 0.15) is 12.0 Å². The lowest BCUT2D eigenvalue weighted by Gasteiger charge is -2.11. The summed E-state index contributed by atoms with van der Waals surface area (Å²) in [5, 5.41) is 8.82. The zero-order valence-corrected chi connectivity index (χ0v) is 8.46. The number of nitrogens with zero attached hydrogens (tertiary/aromatic N) is 2. The van der Waals surface area contributed by atoms with E-state index in [1.165, 1.54) is 0 Å². The van der Waals surface area contributed by atoms with E-state index in [0.29, 0.717) is 11.4 Å². The van der Waals surface area contributed by atoms with Gasteiger partial charge < -0.3 is 4.74 Å². The first-order chi connectivity index (χ1) is 6.90. The van der Waals surface area contributed by atoms with Gasteiger partial charge in [-0.25, -0.2) is 4.98 Å².